The molecule has 0 aromatic carbocycles. The van der Waals surface area contributed by atoms with E-state index in [1.807, 2.05) is 19.1 Å². The zero-order valence-electron chi connectivity index (χ0n) is 24.5. The summed E-state index contributed by atoms with van der Waals surface area (Å²) in [6.07, 6.45) is 1.33. The molecule has 12 heteroatoms. The SMILES string of the molecule is Cc1cc(Nc2cc(C(F)F)ccn2)nc(-c2ccc(C(C)(O)C3CCC(C(=O)OCOC(=O)OC(C)C)CC3)nc2)c1. The summed E-state index contributed by atoms with van der Waals surface area (Å²) >= 11 is 0. The number of hydrogen-bond acceptors (Lipinski definition) is 10. The van der Waals surface area contributed by atoms with Crippen LogP contribution in [-0.4, -0.2) is 45.1 Å². The first-order chi connectivity index (χ1) is 20.4. The monoisotopic (exact) mass is 598 g/mol. The molecule has 1 aliphatic rings. The Morgan fingerprint density at radius 2 is 1.79 bits per heavy atom. The minimum atomic E-state index is -2.61. The first-order valence-corrected chi connectivity index (χ1v) is 14.1. The average Bonchev–Trinajstić information content (AvgIpc) is 2.96. The van der Waals surface area contributed by atoms with Crippen LogP contribution < -0.4 is 5.32 Å². The van der Waals surface area contributed by atoms with E-state index in [-0.39, 0.29) is 29.3 Å². The summed E-state index contributed by atoms with van der Waals surface area (Å²) in [6, 6.07) is 9.79. The quantitative estimate of drug-likeness (QED) is 0.194. The van der Waals surface area contributed by atoms with E-state index in [0.29, 0.717) is 48.5 Å². The van der Waals surface area contributed by atoms with Gasteiger partial charge in [-0.15, -0.1) is 0 Å². The number of carbonyl (C=O) groups excluding carboxylic acids is 2. The summed E-state index contributed by atoms with van der Waals surface area (Å²) in [6.45, 7) is 6.48. The number of esters is 1. The molecule has 3 heterocycles. The van der Waals surface area contributed by atoms with Crippen LogP contribution in [0.3, 0.4) is 0 Å². The Morgan fingerprint density at radius 3 is 2.44 bits per heavy atom. The van der Waals surface area contributed by atoms with Gasteiger partial charge in [0, 0.05) is 23.5 Å². The summed E-state index contributed by atoms with van der Waals surface area (Å²) in [5.41, 5.74) is 1.36. The normalized spacial score (nSPS) is 18.2. The molecule has 1 aliphatic carbocycles. The fourth-order valence-corrected chi connectivity index (χ4v) is 5.09. The van der Waals surface area contributed by atoms with Gasteiger partial charge in [-0.05, 0) is 101 Å². The highest BCUT2D eigenvalue weighted by Gasteiger charge is 2.39. The number of aromatic nitrogens is 3. The van der Waals surface area contributed by atoms with Gasteiger partial charge in [-0.25, -0.2) is 23.5 Å². The summed E-state index contributed by atoms with van der Waals surface area (Å²) in [5, 5.41) is 14.4. The molecule has 1 atom stereocenters. The standard InChI is InChI=1S/C31H36F2N4O6/c1-18(2)43-30(39)42-17-41-29(38)20-5-8-23(9-6-20)31(4,40)25-10-7-22(16-35-25)24-13-19(3)14-27(36-24)37-26-15-21(28(32)33)11-12-34-26/h7,10-16,18,20,23,28,40H,5-6,8-9,17H2,1-4H3,(H,34,36,37). The van der Waals surface area contributed by atoms with Crippen molar-refractivity contribution in [2.75, 3.05) is 12.1 Å². The molecule has 4 rings (SSSR count). The molecule has 1 fully saturated rings. The second kappa shape index (κ2) is 13.9. The molecule has 0 spiro atoms. The number of nitrogens with zero attached hydrogens (tertiary/aromatic N) is 3. The van der Waals surface area contributed by atoms with Gasteiger partial charge in [-0.2, -0.15) is 0 Å². The van der Waals surface area contributed by atoms with Crippen molar-refractivity contribution < 1.29 is 37.7 Å². The third-order valence-electron chi connectivity index (χ3n) is 7.40. The van der Waals surface area contributed by atoms with Crippen molar-refractivity contribution in [3.63, 3.8) is 0 Å². The molecule has 0 aliphatic heterocycles. The zero-order chi connectivity index (χ0) is 31.1. The van der Waals surface area contributed by atoms with Crippen LogP contribution in [0.5, 0.6) is 0 Å². The Morgan fingerprint density at radius 1 is 1.05 bits per heavy atom. The molecule has 0 saturated heterocycles. The van der Waals surface area contributed by atoms with Crippen molar-refractivity contribution in [2.24, 2.45) is 11.8 Å². The Bertz CT molecular complexity index is 1410. The van der Waals surface area contributed by atoms with Gasteiger partial charge < -0.3 is 24.6 Å². The average molecular weight is 599 g/mol. The summed E-state index contributed by atoms with van der Waals surface area (Å²) in [4.78, 5) is 37.1. The number of anilines is 2. The Hall–Kier alpha value is -4.19. The number of ether oxygens (including phenoxy) is 3. The molecule has 0 radical (unpaired) electrons. The number of carbonyl (C=O) groups is 2. The van der Waals surface area contributed by atoms with Crippen LogP contribution in [-0.2, 0) is 24.6 Å². The Balaban J connectivity index is 1.36. The maximum absolute atomic E-state index is 13.1. The van der Waals surface area contributed by atoms with E-state index in [9.17, 15) is 23.5 Å². The number of hydrogen-bond donors (Lipinski definition) is 2. The molecule has 0 amide bonds. The van der Waals surface area contributed by atoms with Crippen molar-refractivity contribution in [3.05, 3.63) is 65.6 Å². The van der Waals surface area contributed by atoms with Crippen molar-refractivity contribution in [2.45, 2.75) is 71.5 Å². The molecule has 3 aromatic heterocycles. The molecule has 10 nitrogen and oxygen atoms in total. The maximum atomic E-state index is 13.1. The molecule has 1 saturated carbocycles. The van der Waals surface area contributed by atoms with Crippen LogP contribution in [0.25, 0.3) is 11.3 Å². The largest absolute Gasteiger partial charge is 0.511 e. The topological polar surface area (TPSA) is 133 Å². The Labute approximate surface area is 248 Å². The lowest BCUT2D eigenvalue weighted by Crippen LogP contribution is -2.37. The minimum absolute atomic E-state index is 0.128. The molecule has 1 unspecified atom stereocenters. The number of alkyl halides is 2. The molecule has 3 aromatic rings. The van der Waals surface area contributed by atoms with E-state index in [0.717, 1.165) is 5.56 Å². The van der Waals surface area contributed by atoms with Gasteiger partial charge in [0.1, 0.15) is 17.2 Å². The van der Waals surface area contributed by atoms with Crippen molar-refractivity contribution >= 4 is 23.8 Å². The van der Waals surface area contributed by atoms with Crippen molar-refractivity contribution in [3.8, 4) is 11.3 Å². The van der Waals surface area contributed by atoms with E-state index in [1.54, 1.807) is 39.1 Å². The van der Waals surface area contributed by atoms with E-state index < -0.39 is 30.9 Å². The number of aliphatic hydroxyl groups is 1. The van der Waals surface area contributed by atoms with Crippen LogP contribution in [0.4, 0.5) is 25.2 Å². The smallest absolute Gasteiger partial charge is 0.431 e. The lowest BCUT2D eigenvalue weighted by atomic mass is 9.73. The molecule has 43 heavy (non-hydrogen) atoms. The lowest BCUT2D eigenvalue weighted by molar-refractivity contribution is -0.161. The highest BCUT2D eigenvalue weighted by atomic mass is 19.3. The summed E-state index contributed by atoms with van der Waals surface area (Å²) < 4.78 is 40.8. The van der Waals surface area contributed by atoms with E-state index in [1.165, 1.54) is 18.3 Å². The highest BCUT2D eigenvalue weighted by molar-refractivity contribution is 5.72. The van der Waals surface area contributed by atoms with Crippen molar-refractivity contribution in [1.82, 2.24) is 15.0 Å². The van der Waals surface area contributed by atoms with Crippen LogP contribution in [0.2, 0.25) is 0 Å². The van der Waals surface area contributed by atoms with Crippen molar-refractivity contribution in [1.29, 1.82) is 0 Å². The Kier molecular flexibility index (Phi) is 10.2. The molecule has 0 bridgehead atoms. The van der Waals surface area contributed by atoms with Gasteiger partial charge in [-0.1, -0.05) is 0 Å². The van der Waals surface area contributed by atoms with Crippen LogP contribution in [0, 0.1) is 18.8 Å². The lowest BCUT2D eigenvalue weighted by Gasteiger charge is -2.37. The first kappa shape index (κ1) is 31.7. The fraction of sp³-hybridized carbons (Fsp3) is 0.452. The number of pyridine rings is 3. The minimum Gasteiger partial charge on any atom is -0.431 e. The van der Waals surface area contributed by atoms with Crippen LogP contribution in [0.1, 0.15) is 69.7 Å². The van der Waals surface area contributed by atoms with Crippen LogP contribution in [0.15, 0.2) is 48.8 Å². The predicted molar refractivity (Wildman–Crippen MR) is 153 cm³/mol. The first-order valence-electron chi connectivity index (χ1n) is 14.1. The maximum Gasteiger partial charge on any atom is 0.511 e. The second-order valence-electron chi connectivity index (χ2n) is 11.1. The third kappa shape index (κ3) is 8.44. The van der Waals surface area contributed by atoms with Gasteiger partial charge in [0.2, 0.25) is 6.79 Å². The molecular weight excluding hydrogens is 562 g/mol. The number of nitrogens with one attached hydrogen (secondary N) is 1. The highest BCUT2D eigenvalue weighted by Crippen LogP contribution is 2.41. The van der Waals surface area contributed by atoms with Gasteiger partial charge >= 0.3 is 12.1 Å². The molecule has 230 valence electrons. The fourth-order valence-electron chi connectivity index (χ4n) is 5.09. The number of rotatable bonds is 10. The van der Waals surface area contributed by atoms with E-state index >= 15 is 0 Å². The van der Waals surface area contributed by atoms with E-state index in [4.69, 9.17) is 14.2 Å². The summed E-state index contributed by atoms with van der Waals surface area (Å²) in [5.74, 6) is -0.224. The second-order valence-corrected chi connectivity index (χ2v) is 11.1. The summed E-state index contributed by atoms with van der Waals surface area (Å²) in [7, 11) is 0. The number of halogens is 2. The van der Waals surface area contributed by atoms with Gasteiger partial charge in [0.15, 0.2) is 0 Å². The van der Waals surface area contributed by atoms with Crippen LogP contribution >= 0.6 is 0 Å². The molecule has 2 N–H and O–H groups in total. The third-order valence-corrected chi connectivity index (χ3v) is 7.40. The van der Waals surface area contributed by atoms with Gasteiger partial charge in [-0.3, -0.25) is 9.78 Å². The predicted octanol–water partition coefficient (Wildman–Crippen LogP) is 6.60. The van der Waals surface area contributed by atoms with Gasteiger partial charge in [0.05, 0.1) is 23.4 Å². The number of aryl methyl sites for hydroxylation is 1. The van der Waals surface area contributed by atoms with E-state index in [2.05, 4.69) is 20.3 Å². The van der Waals surface area contributed by atoms with Gasteiger partial charge in [0.25, 0.3) is 6.43 Å². The zero-order valence-corrected chi connectivity index (χ0v) is 24.5. The molecular formula is C31H36F2N4O6.